The summed E-state index contributed by atoms with van der Waals surface area (Å²) in [6.45, 7) is 4.61. The van der Waals surface area contributed by atoms with E-state index in [1.165, 1.54) is 0 Å². The van der Waals surface area contributed by atoms with Crippen LogP contribution in [0.5, 0.6) is 11.5 Å². The average molecular weight is 418 g/mol. The number of rotatable bonds is 5. The molecule has 2 amide bonds. The molecule has 2 aromatic carbocycles. The number of fused-ring (bicyclic) bond motifs is 1. The Bertz CT molecular complexity index is 901. The molecular weight excluding hydrogens is 394 g/mol. The molecule has 0 saturated carbocycles. The number of hydrogen-bond acceptors (Lipinski definition) is 5. The summed E-state index contributed by atoms with van der Waals surface area (Å²) in [4.78, 5) is 25.4. The number of ether oxygens (including phenoxy) is 2. The van der Waals surface area contributed by atoms with Crippen LogP contribution in [0.15, 0.2) is 42.5 Å². The Morgan fingerprint density at radius 2 is 1.76 bits per heavy atom. The smallest absolute Gasteiger partial charge is 0.257 e. The van der Waals surface area contributed by atoms with Gasteiger partial charge >= 0.3 is 0 Å². The van der Waals surface area contributed by atoms with Gasteiger partial charge in [0, 0.05) is 17.7 Å². The summed E-state index contributed by atoms with van der Waals surface area (Å²) < 4.78 is 11.1. The highest BCUT2D eigenvalue weighted by Crippen LogP contribution is 2.33. The number of carbonyl (C=O) groups is 2. The lowest BCUT2D eigenvalue weighted by Gasteiger charge is -2.31. The van der Waals surface area contributed by atoms with E-state index in [1.54, 1.807) is 42.5 Å². The maximum Gasteiger partial charge on any atom is 0.257 e. The molecule has 1 saturated heterocycles. The fourth-order valence-corrected chi connectivity index (χ4v) is 3.23. The van der Waals surface area contributed by atoms with E-state index in [9.17, 15) is 9.59 Å². The highest BCUT2D eigenvalue weighted by molar-refractivity contribution is 6.10. The molecule has 2 aliphatic rings. The molecule has 0 aliphatic carbocycles. The van der Waals surface area contributed by atoms with Crippen LogP contribution in [-0.2, 0) is 4.79 Å². The van der Waals surface area contributed by atoms with Gasteiger partial charge < -0.3 is 25.4 Å². The molecule has 1 unspecified atom stereocenters. The molecule has 4 rings (SSSR count). The van der Waals surface area contributed by atoms with E-state index in [0.29, 0.717) is 47.6 Å². The van der Waals surface area contributed by atoms with Crippen LogP contribution in [0, 0.1) is 11.8 Å². The Balaban J connectivity index is 0.00000240. The van der Waals surface area contributed by atoms with Crippen molar-refractivity contribution in [1.82, 2.24) is 5.32 Å². The van der Waals surface area contributed by atoms with Crippen molar-refractivity contribution in [3.63, 3.8) is 0 Å². The third kappa shape index (κ3) is 4.63. The molecule has 29 heavy (non-hydrogen) atoms. The molecule has 2 heterocycles. The first-order valence-corrected chi connectivity index (χ1v) is 9.43. The zero-order valence-corrected chi connectivity index (χ0v) is 16.9. The van der Waals surface area contributed by atoms with Crippen LogP contribution < -0.4 is 25.4 Å². The van der Waals surface area contributed by atoms with Gasteiger partial charge in [-0.15, -0.1) is 12.4 Å². The first kappa shape index (κ1) is 21.0. The number of halogens is 1. The van der Waals surface area contributed by atoms with E-state index in [-0.39, 0.29) is 30.1 Å². The summed E-state index contributed by atoms with van der Waals surface area (Å²) >= 11 is 0. The van der Waals surface area contributed by atoms with Crippen LogP contribution in [0.1, 0.15) is 17.3 Å². The second kappa shape index (κ2) is 9.15. The summed E-state index contributed by atoms with van der Waals surface area (Å²) in [7, 11) is 0. The van der Waals surface area contributed by atoms with Gasteiger partial charge in [0.2, 0.25) is 5.91 Å². The molecule has 0 bridgehead atoms. The van der Waals surface area contributed by atoms with Gasteiger partial charge in [-0.05, 0) is 43.3 Å². The maximum absolute atomic E-state index is 12.8. The minimum atomic E-state index is -0.300. The lowest BCUT2D eigenvalue weighted by molar-refractivity contribution is -0.121. The average Bonchev–Trinajstić information content (AvgIpc) is 2.67. The Labute approximate surface area is 175 Å². The predicted molar refractivity (Wildman–Crippen MR) is 113 cm³/mol. The van der Waals surface area contributed by atoms with Crippen LogP contribution in [-0.4, -0.2) is 38.1 Å². The second-order valence-corrected chi connectivity index (χ2v) is 7.05. The highest BCUT2D eigenvalue weighted by Gasteiger charge is 2.29. The van der Waals surface area contributed by atoms with E-state index < -0.39 is 0 Å². The SMILES string of the molecule is CC(C(=O)Nc1ccccc1C(=O)Nc1ccc2c(c1)OCCO2)C1CNC1.Cl. The lowest BCUT2D eigenvalue weighted by atomic mass is 9.88. The molecule has 1 fully saturated rings. The topological polar surface area (TPSA) is 88.7 Å². The number of anilines is 2. The largest absolute Gasteiger partial charge is 0.486 e. The first-order valence-electron chi connectivity index (χ1n) is 9.43. The summed E-state index contributed by atoms with van der Waals surface area (Å²) in [6, 6.07) is 12.3. The summed E-state index contributed by atoms with van der Waals surface area (Å²) in [6.07, 6.45) is 0. The van der Waals surface area contributed by atoms with Crippen LogP contribution in [0.3, 0.4) is 0 Å². The molecule has 154 valence electrons. The summed E-state index contributed by atoms with van der Waals surface area (Å²) in [5.74, 6) is 1.11. The van der Waals surface area contributed by atoms with Crippen molar-refractivity contribution in [1.29, 1.82) is 0 Å². The van der Waals surface area contributed by atoms with Crippen LogP contribution in [0.2, 0.25) is 0 Å². The number of nitrogens with one attached hydrogen (secondary N) is 3. The Kier molecular flexibility index (Phi) is 6.61. The van der Waals surface area contributed by atoms with Gasteiger partial charge in [-0.1, -0.05) is 19.1 Å². The van der Waals surface area contributed by atoms with E-state index in [4.69, 9.17) is 9.47 Å². The van der Waals surface area contributed by atoms with Crippen LogP contribution in [0.4, 0.5) is 11.4 Å². The highest BCUT2D eigenvalue weighted by atomic mass is 35.5. The van der Waals surface area contributed by atoms with Crippen molar-refractivity contribution in [3.05, 3.63) is 48.0 Å². The van der Waals surface area contributed by atoms with Gasteiger partial charge in [0.05, 0.1) is 11.3 Å². The Hall–Kier alpha value is -2.77. The maximum atomic E-state index is 12.8. The molecule has 0 aromatic heterocycles. The van der Waals surface area contributed by atoms with Gasteiger partial charge in [-0.25, -0.2) is 0 Å². The molecule has 7 nitrogen and oxygen atoms in total. The number of hydrogen-bond donors (Lipinski definition) is 3. The Morgan fingerprint density at radius 3 is 2.48 bits per heavy atom. The third-order valence-corrected chi connectivity index (χ3v) is 5.16. The van der Waals surface area contributed by atoms with Crippen molar-refractivity contribution < 1.29 is 19.1 Å². The van der Waals surface area contributed by atoms with Crippen LogP contribution in [0.25, 0.3) is 0 Å². The number of para-hydroxylation sites is 1. The van der Waals surface area contributed by atoms with Gasteiger partial charge in [0.1, 0.15) is 13.2 Å². The van der Waals surface area contributed by atoms with Gasteiger partial charge in [0.15, 0.2) is 11.5 Å². The van der Waals surface area contributed by atoms with Crippen molar-refractivity contribution in [3.8, 4) is 11.5 Å². The molecule has 2 aromatic rings. The zero-order valence-electron chi connectivity index (χ0n) is 16.1. The normalized spacial score (nSPS) is 16.0. The van der Waals surface area contributed by atoms with E-state index in [1.807, 2.05) is 6.92 Å². The standard InChI is InChI=1S/C21H23N3O4.ClH/c1-13(14-11-22-12-14)20(25)24-17-5-3-2-4-16(17)21(26)23-15-6-7-18-19(10-15)28-9-8-27-18;/h2-7,10,13-14,22H,8-9,11-12H2,1H3,(H,23,26)(H,24,25);1H. The predicted octanol–water partition coefficient (Wildman–Crippen LogP) is 2.93. The molecular formula is C21H24ClN3O4. The number of amides is 2. The minimum Gasteiger partial charge on any atom is -0.486 e. The number of benzene rings is 2. The van der Waals surface area contributed by atoms with E-state index in [0.717, 1.165) is 13.1 Å². The van der Waals surface area contributed by atoms with Crippen LogP contribution >= 0.6 is 12.4 Å². The molecule has 0 spiro atoms. The second-order valence-electron chi connectivity index (χ2n) is 7.05. The number of carbonyl (C=O) groups excluding carboxylic acids is 2. The zero-order chi connectivity index (χ0) is 19.5. The van der Waals surface area contributed by atoms with Gasteiger partial charge in [-0.2, -0.15) is 0 Å². The van der Waals surface area contributed by atoms with E-state index in [2.05, 4.69) is 16.0 Å². The van der Waals surface area contributed by atoms with E-state index >= 15 is 0 Å². The van der Waals surface area contributed by atoms with Crippen molar-refractivity contribution in [2.75, 3.05) is 36.9 Å². The van der Waals surface area contributed by atoms with Gasteiger partial charge in [0.25, 0.3) is 5.91 Å². The molecule has 2 aliphatic heterocycles. The van der Waals surface area contributed by atoms with Crippen molar-refractivity contribution in [2.24, 2.45) is 11.8 Å². The minimum absolute atomic E-state index is 0. The third-order valence-electron chi connectivity index (χ3n) is 5.16. The fraction of sp³-hybridized carbons (Fsp3) is 0.333. The first-order chi connectivity index (χ1) is 13.6. The molecule has 1 atom stereocenters. The lowest BCUT2D eigenvalue weighted by Crippen LogP contribution is -2.48. The Morgan fingerprint density at radius 1 is 1.03 bits per heavy atom. The quantitative estimate of drug-likeness (QED) is 0.696. The van der Waals surface area contributed by atoms with Crippen molar-refractivity contribution in [2.45, 2.75) is 6.92 Å². The molecule has 8 heteroatoms. The summed E-state index contributed by atoms with van der Waals surface area (Å²) in [5.41, 5.74) is 1.51. The molecule has 3 N–H and O–H groups in total. The van der Waals surface area contributed by atoms with Gasteiger partial charge in [-0.3, -0.25) is 9.59 Å². The molecule has 0 radical (unpaired) electrons. The monoisotopic (exact) mass is 417 g/mol. The van der Waals surface area contributed by atoms with Crippen molar-refractivity contribution >= 4 is 35.6 Å². The summed E-state index contributed by atoms with van der Waals surface area (Å²) in [5, 5.41) is 8.94. The fourth-order valence-electron chi connectivity index (χ4n) is 3.23.